The zero-order valence-electron chi connectivity index (χ0n) is 39.0. The fraction of sp³-hybridized carbons (Fsp3) is 0.456. The Morgan fingerprint density at radius 3 is 1.39 bits per heavy atom. The van der Waals surface area contributed by atoms with Gasteiger partial charge in [0.1, 0.15) is 5.75 Å². The predicted molar refractivity (Wildman–Crippen MR) is 265 cm³/mol. The molecule has 0 aliphatic rings. The fourth-order valence-corrected chi connectivity index (χ4v) is 8.21. The Bertz CT molecular complexity index is 2020. The minimum absolute atomic E-state index is 0. The van der Waals surface area contributed by atoms with Gasteiger partial charge >= 0.3 is 0 Å². The SMILES string of the molecule is CCCCCCCCCCCCCCCCCCCCOc1c(-c2ccccc2)cc(N=C(C)c2cccc(C(C)=Nc3ccccc3C(C)(C)C)n2)cc1-c1ccccc1.[Co]. The number of rotatable bonds is 26. The van der Waals surface area contributed by atoms with Crippen molar-refractivity contribution in [2.24, 2.45) is 9.98 Å². The van der Waals surface area contributed by atoms with Crippen molar-refractivity contribution in [1.82, 2.24) is 4.98 Å². The molecule has 5 rings (SSSR count). The Balaban J connectivity index is 0.00000845. The Morgan fingerprint density at radius 1 is 0.500 bits per heavy atom. The van der Waals surface area contributed by atoms with Gasteiger partial charge in [0.25, 0.3) is 0 Å². The van der Waals surface area contributed by atoms with Gasteiger partial charge in [-0.3, -0.25) is 9.98 Å². The molecule has 4 aromatic carbocycles. The molecule has 0 unspecified atom stereocenters. The zero-order valence-corrected chi connectivity index (χ0v) is 40.0. The molecule has 62 heavy (non-hydrogen) atoms. The third kappa shape index (κ3) is 16.8. The van der Waals surface area contributed by atoms with Crippen molar-refractivity contribution >= 4 is 22.8 Å². The van der Waals surface area contributed by atoms with E-state index in [0.29, 0.717) is 6.61 Å². The van der Waals surface area contributed by atoms with Gasteiger partial charge in [-0.15, -0.1) is 0 Å². The van der Waals surface area contributed by atoms with Crippen LogP contribution in [0.1, 0.15) is 174 Å². The Morgan fingerprint density at radius 2 is 0.919 bits per heavy atom. The van der Waals surface area contributed by atoms with Crippen molar-refractivity contribution < 1.29 is 21.5 Å². The maximum Gasteiger partial charge on any atom is 0.135 e. The second-order valence-corrected chi connectivity index (χ2v) is 18.0. The molecule has 1 heterocycles. The average Bonchev–Trinajstić information content (AvgIpc) is 3.27. The van der Waals surface area contributed by atoms with Crippen LogP contribution in [0.25, 0.3) is 22.3 Å². The quantitative estimate of drug-likeness (QED) is 0.0410. The summed E-state index contributed by atoms with van der Waals surface area (Å²) in [5, 5.41) is 0. The molecule has 0 N–H and O–H groups in total. The normalized spacial score (nSPS) is 12.0. The second kappa shape index (κ2) is 27.7. The number of nitrogens with zero attached hydrogens (tertiary/aromatic N) is 3. The number of para-hydroxylation sites is 1. The third-order valence-corrected chi connectivity index (χ3v) is 11.8. The minimum atomic E-state index is -0.0120. The summed E-state index contributed by atoms with van der Waals surface area (Å²) in [6, 6.07) is 40.0. The van der Waals surface area contributed by atoms with Gasteiger partial charge in [-0.1, -0.05) is 222 Å². The Labute approximate surface area is 386 Å². The van der Waals surface area contributed by atoms with Crippen LogP contribution in [0.15, 0.2) is 125 Å². The number of benzene rings is 4. The van der Waals surface area contributed by atoms with Gasteiger partial charge in [-0.05, 0) is 72.7 Å². The Hall–Kier alpha value is -4.32. The number of hydrogen-bond acceptors (Lipinski definition) is 4. The molecule has 0 saturated carbocycles. The number of unbranched alkanes of at least 4 members (excludes halogenated alkanes) is 17. The first-order valence-corrected chi connectivity index (χ1v) is 23.8. The van der Waals surface area contributed by atoms with Crippen LogP contribution in [0.4, 0.5) is 11.4 Å². The van der Waals surface area contributed by atoms with Gasteiger partial charge in [0.15, 0.2) is 0 Å². The molecule has 0 spiro atoms. The fourth-order valence-electron chi connectivity index (χ4n) is 8.21. The van der Waals surface area contributed by atoms with E-state index in [1.165, 1.54) is 115 Å². The van der Waals surface area contributed by atoms with E-state index < -0.39 is 0 Å². The van der Waals surface area contributed by atoms with Gasteiger partial charge in [0, 0.05) is 27.9 Å². The first-order valence-electron chi connectivity index (χ1n) is 23.8. The monoisotopic (exact) mass is 877 g/mol. The van der Waals surface area contributed by atoms with Crippen LogP contribution in [0.2, 0.25) is 0 Å². The van der Waals surface area contributed by atoms with Crippen LogP contribution in [-0.2, 0) is 22.2 Å². The van der Waals surface area contributed by atoms with E-state index in [9.17, 15) is 0 Å². The van der Waals surface area contributed by atoms with E-state index in [1.54, 1.807) is 0 Å². The number of hydrogen-bond donors (Lipinski definition) is 0. The smallest absolute Gasteiger partial charge is 0.135 e. The number of pyridine rings is 1. The van der Waals surface area contributed by atoms with Crippen LogP contribution < -0.4 is 4.74 Å². The standard InChI is InChI=1S/C57H75N3O.Co/c1-7-8-9-10-11-12-13-14-15-16-17-18-19-20-21-22-23-32-42-61-56-50(47-34-26-24-27-35-47)43-49(44-51(56)48-36-28-25-29-37-48)58-45(2)53-40-33-41-54(60-53)46(3)59-55-39-31-30-38-52(55)57(4,5)6;/h24-31,33-41,43-44H,7-23,32,42H2,1-6H3;. The zero-order chi connectivity index (χ0) is 43.1. The Kier molecular flexibility index (Phi) is 22.5. The van der Waals surface area contributed by atoms with Gasteiger partial charge < -0.3 is 4.74 Å². The first kappa shape index (κ1) is 50.3. The van der Waals surface area contributed by atoms with Crippen molar-refractivity contribution in [1.29, 1.82) is 0 Å². The number of aromatic nitrogens is 1. The predicted octanol–water partition coefficient (Wildman–Crippen LogP) is 17.4. The van der Waals surface area contributed by atoms with Crippen LogP contribution in [0, 0.1) is 0 Å². The molecule has 0 amide bonds. The second-order valence-electron chi connectivity index (χ2n) is 18.0. The van der Waals surface area contributed by atoms with Crippen LogP contribution in [0.3, 0.4) is 0 Å². The van der Waals surface area contributed by atoms with E-state index >= 15 is 0 Å². The van der Waals surface area contributed by atoms with Crippen LogP contribution in [0.5, 0.6) is 5.75 Å². The summed E-state index contributed by atoms with van der Waals surface area (Å²) < 4.78 is 6.80. The molecule has 333 valence electrons. The van der Waals surface area contributed by atoms with E-state index in [-0.39, 0.29) is 22.2 Å². The maximum atomic E-state index is 6.80. The number of ether oxygens (including phenoxy) is 1. The molecule has 0 saturated heterocycles. The van der Waals surface area contributed by atoms with Crippen molar-refractivity contribution in [2.75, 3.05) is 6.61 Å². The van der Waals surface area contributed by atoms with Gasteiger partial charge in [-0.25, -0.2) is 4.98 Å². The van der Waals surface area contributed by atoms with E-state index in [2.05, 4.69) is 119 Å². The molecule has 0 atom stereocenters. The van der Waals surface area contributed by atoms with Gasteiger partial charge in [0.2, 0.25) is 0 Å². The molecule has 1 aromatic heterocycles. The van der Waals surface area contributed by atoms with E-state index in [0.717, 1.165) is 68.6 Å². The molecular weight excluding hydrogens is 802 g/mol. The van der Waals surface area contributed by atoms with Crippen molar-refractivity contribution in [3.8, 4) is 28.0 Å². The molecule has 1 radical (unpaired) electrons. The molecule has 5 aromatic rings. The van der Waals surface area contributed by atoms with Crippen LogP contribution in [-0.4, -0.2) is 23.0 Å². The van der Waals surface area contributed by atoms with Crippen molar-refractivity contribution in [3.63, 3.8) is 0 Å². The van der Waals surface area contributed by atoms with Crippen molar-refractivity contribution in [2.45, 2.75) is 163 Å². The minimum Gasteiger partial charge on any atom is -0.492 e. The van der Waals surface area contributed by atoms with Crippen LogP contribution >= 0.6 is 0 Å². The summed E-state index contributed by atoms with van der Waals surface area (Å²) >= 11 is 0. The largest absolute Gasteiger partial charge is 0.492 e. The third-order valence-electron chi connectivity index (χ3n) is 11.8. The van der Waals surface area contributed by atoms with Gasteiger partial charge in [-0.2, -0.15) is 0 Å². The molecule has 0 bridgehead atoms. The molecule has 0 fully saturated rings. The molecule has 0 aliphatic heterocycles. The van der Waals surface area contributed by atoms with E-state index in [4.69, 9.17) is 19.7 Å². The van der Waals surface area contributed by atoms with E-state index in [1.807, 2.05) is 38.1 Å². The summed E-state index contributed by atoms with van der Waals surface area (Å²) in [4.78, 5) is 15.3. The summed E-state index contributed by atoms with van der Waals surface area (Å²) in [6.45, 7) is 13.7. The van der Waals surface area contributed by atoms with Crippen molar-refractivity contribution in [3.05, 3.63) is 132 Å². The summed E-state index contributed by atoms with van der Waals surface area (Å²) in [5.41, 5.74) is 10.8. The molecular formula is C57H75CoN3O. The number of aliphatic imine (C=N–C) groups is 2. The topological polar surface area (TPSA) is 46.8 Å². The average molecular weight is 877 g/mol. The molecule has 5 heteroatoms. The molecule has 0 aliphatic carbocycles. The van der Waals surface area contributed by atoms with Gasteiger partial charge in [0.05, 0.1) is 40.8 Å². The summed E-state index contributed by atoms with van der Waals surface area (Å²) in [7, 11) is 0. The molecule has 4 nitrogen and oxygen atoms in total. The maximum absolute atomic E-state index is 6.80. The first-order chi connectivity index (χ1) is 29.7. The summed E-state index contributed by atoms with van der Waals surface area (Å²) in [5.74, 6) is 0.920. The summed E-state index contributed by atoms with van der Waals surface area (Å²) in [6.07, 6.45) is 24.6.